The molecule has 1 saturated heterocycles. The van der Waals surface area contributed by atoms with Crippen LogP contribution in [0, 0.1) is 0 Å². The zero-order chi connectivity index (χ0) is 20.4. The minimum absolute atomic E-state index is 0.0326. The number of aliphatic carboxylic acids is 1. The van der Waals surface area contributed by atoms with Gasteiger partial charge in [-0.1, -0.05) is 5.21 Å². The van der Waals surface area contributed by atoms with Crippen molar-refractivity contribution in [2.75, 3.05) is 6.61 Å². The number of rotatable bonds is 7. The number of amides is 1. The van der Waals surface area contributed by atoms with Crippen molar-refractivity contribution in [2.45, 2.75) is 56.1 Å². The molecular formula is C14H22N4O9. The van der Waals surface area contributed by atoms with E-state index in [1.165, 1.54) is 0 Å². The number of aliphatic hydroxyl groups excluding tert-OH is 5. The van der Waals surface area contributed by atoms with Gasteiger partial charge in [-0.3, -0.25) is 4.79 Å². The molecule has 1 fully saturated rings. The Morgan fingerprint density at radius 2 is 2.11 bits per heavy atom. The lowest BCUT2D eigenvalue weighted by molar-refractivity contribution is -0.258. The van der Waals surface area contributed by atoms with E-state index in [9.17, 15) is 30.0 Å². The van der Waals surface area contributed by atoms with Crippen LogP contribution in [0.15, 0.2) is 6.20 Å². The number of carboxylic acids is 1. The number of hydrogen-bond donors (Lipinski definition) is 7. The van der Waals surface area contributed by atoms with Crippen LogP contribution < -0.4 is 5.32 Å². The van der Waals surface area contributed by atoms with Gasteiger partial charge >= 0.3 is 5.97 Å². The summed E-state index contributed by atoms with van der Waals surface area (Å²) in [5.41, 5.74) is -2.31. The number of ether oxygens (including phenoxy) is 1. The predicted octanol–water partition coefficient (Wildman–Crippen LogP) is -4.12. The highest BCUT2D eigenvalue weighted by molar-refractivity contribution is 5.76. The summed E-state index contributed by atoms with van der Waals surface area (Å²) in [5.74, 6) is -2.18. The van der Waals surface area contributed by atoms with Gasteiger partial charge in [-0.15, -0.1) is 5.10 Å². The Hall–Kier alpha value is -2.16. The van der Waals surface area contributed by atoms with Gasteiger partial charge in [-0.05, 0) is 0 Å². The van der Waals surface area contributed by atoms with Crippen molar-refractivity contribution in [1.29, 1.82) is 0 Å². The number of carbonyl (C=O) groups is 2. The summed E-state index contributed by atoms with van der Waals surface area (Å²) >= 11 is 0. The van der Waals surface area contributed by atoms with Gasteiger partial charge in [0.15, 0.2) is 0 Å². The molecule has 1 aromatic heterocycles. The molecule has 0 aromatic carbocycles. The monoisotopic (exact) mass is 390 g/mol. The fraction of sp³-hybridized carbons (Fsp3) is 0.714. The van der Waals surface area contributed by atoms with Crippen LogP contribution in [0.5, 0.6) is 0 Å². The first kappa shape index (κ1) is 21.1. The standard InChI is InChI=1S/C14H22N4O9/c1-6(21)15-10-8(22)2-14(13(25)26,18-3-7(4-19)16-17-18)27-12(10)11(24)9(23)5-20/h3,8-12,19-20,22-24H,2,4-5H2,1H3,(H,15,21)(H,25,26)/t8-,9+,10+,11+,12+,14+/m0/s1. The smallest absolute Gasteiger partial charge is 0.359 e. The maximum absolute atomic E-state index is 12.0. The van der Waals surface area contributed by atoms with Gasteiger partial charge in [0.2, 0.25) is 5.91 Å². The second-order valence-electron chi connectivity index (χ2n) is 6.22. The second kappa shape index (κ2) is 8.24. The highest BCUT2D eigenvalue weighted by atomic mass is 16.6. The highest BCUT2D eigenvalue weighted by Gasteiger charge is 2.56. The van der Waals surface area contributed by atoms with E-state index in [0.29, 0.717) is 0 Å². The molecule has 2 rings (SSSR count). The summed E-state index contributed by atoms with van der Waals surface area (Å²) in [6, 6.07) is -1.27. The molecule has 1 amide bonds. The molecule has 152 valence electrons. The molecule has 1 aliphatic rings. The van der Waals surface area contributed by atoms with Gasteiger partial charge in [-0.2, -0.15) is 0 Å². The molecule has 6 atom stereocenters. The molecule has 0 saturated carbocycles. The maximum Gasteiger partial charge on any atom is 0.359 e. The Kier molecular flexibility index (Phi) is 6.46. The maximum atomic E-state index is 12.0. The molecule has 13 heteroatoms. The van der Waals surface area contributed by atoms with E-state index in [4.69, 9.17) is 14.9 Å². The quantitative estimate of drug-likeness (QED) is 0.238. The first-order chi connectivity index (χ1) is 12.7. The van der Waals surface area contributed by atoms with Gasteiger partial charge in [-0.25, -0.2) is 9.48 Å². The lowest BCUT2D eigenvalue weighted by Gasteiger charge is -2.46. The van der Waals surface area contributed by atoms with Gasteiger partial charge in [0.1, 0.15) is 24.0 Å². The van der Waals surface area contributed by atoms with Crippen molar-refractivity contribution in [2.24, 2.45) is 0 Å². The van der Waals surface area contributed by atoms with E-state index in [0.717, 1.165) is 17.8 Å². The number of aromatic nitrogens is 3. The average Bonchev–Trinajstić information content (AvgIpc) is 3.11. The summed E-state index contributed by atoms with van der Waals surface area (Å²) in [7, 11) is 0. The summed E-state index contributed by atoms with van der Waals surface area (Å²) in [6.07, 6.45) is -6.21. The Balaban J connectivity index is 2.48. The molecule has 1 aromatic rings. The van der Waals surface area contributed by atoms with E-state index < -0.39 is 67.7 Å². The van der Waals surface area contributed by atoms with Crippen LogP contribution in [-0.4, -0.2) is 94.6 Å². The van der Waals surface area contributed by atoms with Crippen LogP contribution in [-0.2, 0) is 26.7 Å². The first-order valence-corrected chi connectivity index (χ1v) is 8.02. The van der Waals surface area contributed by atoms with Gasteiger partial charge in [0.05, 0.1) is 31.6 Å². The van der Waals surface area contributed by atoms with Crippen molar-refractivity contribution < 1.29 is 45.0 Å². The third kappa shape index (κ3) is 4.07. The summed E-state index contributed by atoms with van der Waals surface area (Å²) in [5, 5.41) is 67.9. The molecule has 2 heterocycles. The van der Waals surface area contributed by atoms with Crippen molar-refractivity contribution in [3.8, 4) is 0 Å². The van der Waals surface area contributed by atoms with Crippen LogP contribution in [0.2, 0.25) is 0 Å². The van der Waals surface area contributed by atoms with Gasteiger partial charge in [0, 0.05) is 13.3 Å². The molecule has 7 N–H and O–H groups in total. The van der Waals surface area contributed by atoms with E-state index in [1.807, 2.05) is 0 Å². The lowest BCUT2D eigenvalue weighted by Crippen LogP contribution is -2.67. The van der Waals surface area contributed by atoms with Gasteiger partial charge in [0.25, 0.3) is 5.72 Å². The molecule has 0 unspecified atom stereocenters. The topological polar surface area (TPSA) is 207 Å². The number of carboxylic acid groups (broad SMARTS) is 1. The predicted molar refractivity (Wildman–Crippen MR) is 83.8 cm³/mol. The number of aliphatic hydroxyl groups is 5. The van der Waals surface area contributed by atoms with Crippen LogP contribution >= 0.6 is 0 Å². The lowest BCUT2D eigenvalue weighted by atomic mass is 9.87. The Bertz CT molecular complexity index is 683. The average molecular weight is 390 g/mol. The molecule has 0 bridgehead atoms. The van der Waals surface area contributed by atoms with Crippen molar-refractivity contribution in [3.63, 3.8) is 0 Å². The number of nitrogens with zero attached hydrogens (tertiary/aromatic N) is 3. The van der Waals surface area contributed by atoms with Crippen LogP contribution in [0.3, 0.4) is 0 Å². The molecule has 0 aliphatic carbocycles. The number of hydrogen-bond acceptors (Lipinski definition) is 10. The number of nitrogens with one attached hydrogen (secondary N) is 1. The Labute approximate surface area is 152 Å². The summed E-state index contributed by atoms with van der Waals surface area (Å²) in [6.45, 7) is -0.257. The highest BCUT2D eigenvalue weighted by Crippen LogP contribution is 2.35. The second-order valence-corrected chi connectivity index (χ2v) is 6.22. The molecular weight excluding hydrogens is 368 g/mol. The largest absolute Gasteiger partial charge is 0.478 e. The molecule has 13 nitrogen and oxygen atoms in total. The molecule has 27 heavy (non-hydrogen) atoms. The van der Waals surface area contributed by atoms with Crippen LogP contribution in [0.1, 0.15) is 19.0 Å². The van der Waals surface area contributed by atoms with Crippen molar-refractivity contribution in [1.82, 2.24) is 20.3 Å². The molecule has 0 spiro atoms. The Morgan fingerprint density at radius 3 is 2.59 bits per heavy atom. The van der Waals surface area contributed by atoms with Gasteiger partial charge < -0.3 is 40.7 Å². The zero-order valence-corrected chi connectivity index (χ0v) is 14.3. The minimum atomic E-state index is -2.34. The zero-order valence-electron chi connectivity index (χ0n) is 14.3. The first-order valence-electron chi connectivity index (χ1n) is 8.02. The van der Waals surface area contributed by atoms with Crippen molar-refractivity contribution >= 4 is 11.9 Å². The van der Waals surface area contributed by atoms with E-state index in [-0.39, 0.29) is 5.69 Å². The van der Waals surface area contributed by atoms with Crippen LogP contribution in [0.4, 0.5) is 0 Å². The third-order valence-corrected chi connectivity index (χ3v) is 4.28. The molecule has 0 radical (unpaired) electrons. The molecule has 1 aliphatic heterocycles. The SMILES string of the molecule is CC(=O)N[C@H]1[C@H]([C@H](O)[C@H](O)CO)O[C@](C(=O)O)(n2cc(CO)nn2)C[C@@H]1O. The van der Waals surface area contributed by atoms with E-state index >= 15 is 0 Å². The van der Waals surface area contributed by atoms with E-state index in [1.54, 1.807) is 0 Å². The third-order valence-electron chi connectivity index (χ3n) is 4.28. The summed E-state index contributed by atoms with van der Waals surface area (Å²) in [4.78, 5) is 23.4. The number of carbonyl (C=O) groups excluding carboxylic acids is 1. The normalized spacial score (nSPS) is 30.5. The fourth-order valence-corrected chi connectivity index (χ4v) is 2.93. The van der Waals surface area contributed by atoms with Crippen LogP contribution in [0.25, 0.3) is 0 Å². The Morgan fingerprint density at radius 1 is 1.44 bits per heavy atom. The summed E-state index contributed by atoms with van der Waals surface area (Å²) < 4.78 is 6.29. The fourth-order valence-electron chi connectivity index (χ4n) is 2.93. The minimum Gasteiger partial charge on any atom is -0.478 e. The van der Waals surface area contributed by atoms with Crippen molar-refractivity contribution in [3.05, 3.63) is 11.9 Å². The van der Waals surface area contributed by atoms with E-state index in [2.05, 4.69) is 15.6 Å².